The fourth-order valence-electron chi connectivity index (χ4n) is 2.49. The van der Waals surface area contributed by atoms with Crippen LogP contribution in [0.25, 0.3) is 0 Å². The maximum atomic E-state index is 14.2. The van der Waals surface area contributed by atoms with Crippen molar-refractivity contribution < 1.29 is 8.78 Å². The van der Waals surface area contributed by atoms with Crippen LogP contribution in [-0.4, -0.2) is 29.5 Å². The van der Waals surface area contributed by atoms with Crippen molar-refractivity contribution in [1.82, 2.24) is 4.90 Å². The van der Waals surface area contributed by atoms with Gasteiger partial charge in [-0.25, -0.2) is 0 Å². The molecule has 1 aliphatic rings. The fourth-order valence-corrected chi connectivity index (χ4v) is 2.68. The van der Waals surface area contributed by atoms with E-state index in [2.05, 4.69) is 0 Å². The Hall–Kier alpha value is -1.07. The summed E-state index contributed by atoms with van der Waals surface area (Å²) in [5.74, 6) is -2.77. The number of rotatable bonds is 4. The second-order valence-electron chi connectivity index (χ2n) is 5.05. The molecule has 0 amide bonds. The maximum absolute atomic E-state index is 14.2. The zero-order valence-electron chi connectivity index (χ0n) is 10.7. The molecule has 1 fully saturated rings. The van der Waals surface area contributed by atoms with Crippen LogP contribution in [0, 0.1) is 5.92 Å². The molecule has 104 valence electrons. The number of thiocarbonyl (C=S) groups is 1. The van der Waals surface area contributed by atoms with Gasteiger partial charge in [-0.05, 0) is 19.4 Å². The molecule has 2 nitrogen and oxygen atoms in total. The molecule has 0 radical (unpaired) electrons. The average molecular weight is 284 g/mol. The summed E-state index contributed by atoms with van der Waals surface area (Å²) in [6.07, 6.45) is 1.77. The number of hydrogen-bond donors (Lipinski definition) is 1. The van der Waals surface area contributed by atoms with Crippen LogP contribution in [0.3, 0.4) is 0 Å². The molecule has 1 atom stereocenters. The monoisotopic (exact) mass is 284 g/mol. The minimum absolute atomic E-state index is 0.0625. The average Bonchev–Trinajstić information content (AvgIpc) is 2.39. The lowest BCUT2D eigenvalue weighted by atomic mass is 9.97. The third-order valence-electron chi connectivity index (χ3n) is 3.53. The molecule has 2 N–H and O–H groups in total. The summed E-state index contributed by atoms with van der Waals surface area (Å²) in [4.78, 5) is 2.20. The Morgan fingerprint density at radius 3 is 2.68 bits per heavy atom. The number of nitrogens with two attached hydrogens (primary N) is 1. The summed E-state index contributed by atoms with van der Waals surface area (Å²) in [6, 6.07) is 7.95. The predicted octanol–water partition coefficient (Wildman–Crippen LogP) is 2.78. The highest BCUT2D eigenvalue weighted by Gasteiger charge is 2.35. The molecular formula is C14H18F2N2S. The molecule has 2 rings (SSSR count). The molecule has 0 aliphatic carbocycles. The van der Waals surface area contributed by atoms with E-state index in [1.807, 2.05) is 0 Å². The summed E-state index contributed by atoms with van der Waals surface area (Å²) < 4.78 is 28.3. The van der Waals surface area contributed by atoms with E-state index in [0.717, 1.165) is 12.8 Å². The number of alkyl halides is 2. The molecule has 0 saturated carbocycles. The van der Waals surface area contributed by atoms with Crippen molar-refractivity contribution in [1.29, 1.82) is 0 Å². The van der Waals surface area contributed by atoms with Crippen molar-refractivity contribution in [2.24, 2.45) is 11.7 Å². The third kappa shape index (κ3) is 3.70. The van der Waals surface area contributed by atoms with Crippen LogP contribution in [0.5, 0.6) is 0 Å². The van der Waals surface area contributed by atoms with Crippen LogP contribution in [-0.2, 0) is 5.92 Å². The van der Waals surface area contributed by atoms with Crippen molar-refractivity contribution in [2.45, 2.75) is 18.8 Å². The van der Waals surface area contributed by atoms with Gasteiger partial charge in [-0.3, -0.25) is 4.90 Å². The van der Waals surface area contributed by atoms with Gasteiger partial charge in [0.15, 0.2) is 0 Å². The normalized spacial score (nSPS) is 21.3. The Balaban J connectivity index is 2.02. The van der Waals surface area contributed by atoms with Crippen LogP contribution < -0.4 is 5.73 Å². The highest BCUT2D eigenvalue weighted by atomic mass is 32.1. The first kappa shape index (κ1) is 14.3. The van der Waals surface area contributed by atoms with E-state index in [1.54, 1.807) is 23.1 Å². The van der Waals surface area contributed by atoms with E-state index in [1.165, 1.54) is 12.1 Å². The Kier molecular flexibility index (Phi) is 4.47. The van der Waals surface area contributed by atoms with Gasteiger partial charge < -0.3 is 5.73 Å². The minimum Gasteiger partial charge on any atom is -0.393 e. The summed E-state index contributed by atoms with van der Waals surface area (Å²) >= 11 is 4.97. The molecule has 0 aromatic heterocycles. The maximum Gasteiger partial charge on any atom is 0.285 e. The standard InChI is InChI=1S/C14H18F2N2S/c15-14(16,12-6-2-1-3-7-12)10-18-8-4-5-11(9-18)13(17)19/h1-3,6-7,11H,4-5,8-10H2,(H2,17,19). The molecule has 1 saturated heterocycles. The van der Waals surface area contributed by atoms with Crippen LogP contribution >= 0.6 is 12.2 Å². The van der Waals surface area contributed by atoms with E-state index in [-0.39, 0.29) is 18.0 Å². The summed E-state index contributed by atoms with van der Waals surface area (Å²) in [6.45, 7) is 0.954. The molecular weight excluding hydrogens is 266 g/mol. The first-order valence-corrected chi connectivity index (χ1v) is 6.85. The van der Waals surface area contributed by atoms with Gasteiger partial charge in [0.25, 0.3) is 5.92 Å². The molecule has 1 unspecified atom stereocenters. The molecule has 1 aliphatic heterocycles. The number of benzene rings is 1. The Labute approximate surface area is 117 Å². The summed E-state index contributed by atoms with van der Waals surface area (Å²) in [7, 11) is 0. The third-order valence-corrected chi connectivity index (χ3v) is 3.86. The number of hydrogen-bond acceptors (Lipinski definition) is 2. The lowest BCUT2D eigenvalue weighted by molar-refractivity contribution is -0.0437. The molecule has 1 aromatic rings. The van der Waals surface area contributed by atoms with Gasteiger partial charge >= 0.3 is 0 Å². The topological polar surface area (TPSA) is 29.3 Å². The predicted molar refractivity (Wildman–Crippen MR) is 76.3 cm³/mol. The smallest absolute Gasteiger partial charge is 0.285 e. The zero-order chi connectivity index (χ0) is 13.9. The van der Waals surface area contributed by atoms with E-state index in [4.69, 9.17) is 18.0 Å². The second kappa shape index (κ2) is 5.92. The van der Waals surface area contributed by atoms with Gasteiger partial charge in [0, 0.05) is 18.0 Å². The molecule has 1 aromatic carbocycles. The second-order valence-corrected chi connectivity index (χ2v) is 5.52. The first-order chi connectivity index (χ1) is 8.99. The number of nitrogens with zero attached hydrogens (tertiary/aromatic N) is 1. The van der Waals surface area contributed by atoms with Crippen LogP contribution in [0.1, 0.15) is 18.4 Å². The van der Waals surface area contributed by atoms with E-state index >= 15 is 0 Å². The SMILES string of the molecule is NC(=S)C1CCCN(CC(F)(F)c2ccccc2)C1. The number of halogens is 2. The highest BCUT2D eigenvalue weighted by Crippen LogP contribution is 2.30. The van der Waals surface area contributed by atoms with Gasteiger partial charge in [0.2, 0.25) is 0 Å². The van der Waals surface area contributed by atoms with Crippen molar-refractivity contribution in [3.05, 3.63) is 35.9 Å². The molecule has 5 heteroatoms. The van der Waals surface area contributed by atoms with Crippen LogP contribution in [0.4, 0.5) is 8.78 Å². The number of likely N-dealkylation sites (tertiary alicyclic amines) is 1. The quantitative estimate of drug-likeness (QED) is 0.862. The first-order valence-electron chi connectivity index (χ1n) is 6.44. The summed E-state index contributed by atoms with van der Waals surface area (Å²) in [5.41, 5.74) is 5.68. The van der Waals surface area contributed by atoms with E-state index in [9.17, 15) is 8.78 Å². The summed E-state index contributed by atoms with van der Waals surface area (Å²) in [5, 5.41) is 0. The molecule has 1 heterocycles. The molecule has 0 bridgehead atoms. The van der Waals surface area contributed by atoms with Crippen molar-refractivity contribution in [3.8, 4) is 0 Å². The Morgan fingerprint density at radius 1 is 1.37 bits per heavy atom. The Morgan fingerprint density at radius 2 is 2.05 bits per heavy atom. The number of piperidine rings is 1. The molecule has 0 spiro atoms. The lowest BCUT2D eigenvalue weighted by Gasteiger charge is -2.34. The van der Waals surface area contributed by atoms with Crippen LogP contribution in [0.2, 0.25) is 0 Å². The largest absolute Gasteiger partial charge is 0.393 e. The van der Waals surface area contributed by atoms with Gasteiger partial charge in [-0.15, -0.1) is 0 Å². The zero-order valence-corrected chi connectivity index (χ0v) is 11.5. The fraction of sp³-hybridized carbons (Fsp3) is 0.500. The van der Waals surface area contributed by atoms with Crippen molar-refractivity contribution in [3.63, 3.8) is 0 Å². The van der Waals surface area contributed by atoms with Crippen LogP contribution in [0.15, 0.2) is 30.3 Å². The lowest BCUT2D eigenvalue weighted by Crippen LogP contribution is -2.44. The van der Waals surface area contributed by atoms with E-state index < -0.39 is 5.92 Å². The van der Waals surface area contributed by atoms with Crippen molar-refractivity contribution in [2.75, 3.05) is 19.6 Å². The molecule has 19 heavy (non-hydrogen) atoms. The van der Waals surface area contributed by atoms with Gasteiger partial charge in [-0.2, -0.15) is 8.78 Å². The van der Waals surface area contributed by atoms with Gasteiger partial charge in [0.1, 0.15) is 0 Å². The van der Waals surface area contributed by atoms with Gasteiger partial charge in [0.05, 0.1) is 11.5 Å². The van der Waals surface area contributed by atoms with Crippen molar-refractivity contribution >= 4 is 17.2 Å². The Bertz CT molecular complexity index is 436. The van der Waals surface area contributed by atoms with Gasteiger partial charge in [-0.1, -0.05) is 42.5 Å². The van der Waals surface area contributed by atoms with E-state index in [0.29, 0.717) is 18.1 Å². The minimum atomic E-state index is -2.83. The highest BCUT2D eigenvalue weighted by molar-refractivity contribution is 7.80.